The van der Waals surface area contributed by atoms with E-state index in [0.717, 1.165) is 11.1 Å². The smallest absolute Gasteiger partial charge is 0.319 e. The first kappa shape index (κ1) is 20.9. The molecule has 156 valence electrons. The number of nitrogens with zero attached hydrogens (tertiary/aromatic N) is 2. The molecular weight excluding hydrogens is 382 g/mol. The van der Waals surface area contributed by atoms with Gasteiger partial charge in [0.15, 0.2) is 6.61 Å². The Morgan fingerprint density at radius 1 is 1.03 bits per heavy atom. The average molecular weight is 407 g/mol. The van der Waals surface area contributed by atoms with Gasteiger partial charge in [-0.3, -0.25) is 4.79 Å². The lowest BCUT2D eigenvalue weighted by Crippen LogP contribution is -2.29. The van der Waals surface area contributed by atoms with E-state index in [1.807, 2.05) is 42.0 Å². The highest BCUT2D eigenvalue weighted by Gasteiger charge is 2.07. The van der Waals surface area contributed by atoms with E-state index in [1.165, 1.54) is 0 Å². The summed E-state index contributed by atoms with van der Waals surface area (Å²) >= 11 is 0. The van der Waals surface area contributed by atoms with Crippen LogP contribution in [0.15, 0.2) is 67.3 Å². The summed E-state index contributed by atoms with van der Waals surface area (Å²) in [4.78, 5) is 27.7. The molecule has 0 fully saturated rings. The van der Waals surface area contributed by atoms with Crippen molar-refractivity contribution in [2.75, 3.05) is 18.5 Å². The van der Waals surface area contributed by atoms with Crippen molar-refractivity contribution in [3.63, 3.8) is 0 Å². The summed E-state index contributed by atoms with van der Waals surface area (Å²) in [5, 5.41) is 8.33. The molecule has 0 aliphatic heterocycles. The SMILES string of the molecule is CCNC(=O)COc1ccc(NC(=O)NCc2ccccc2Cn2ccnc2)cc1. The molecule has 0 radical (unpaired) electrons. The summed E-state index contributed by atoms with van der Waals surface area (Å²) in [6, 6.07) is 14.5. The Labute approximate surface area is 175 Å². The molecule has 30 heavy (non-hydrogen) atoms. The van der Waals surface area contributed by atoms with Crippen LogP contribution in [0.4, 0.5) is 10.5 Å². The van der Waals surface area contributed by atoms with E-state index < -0.39 is 0 Å². The van der Waals surface area contributed by atoms with E-state index in [9.17, 15) is 9.59 Å². The summed E-state index contributed by atoms with van der Waals surface area (Å²) in [5.41, 5.74) is 2.78. The molecule has 1 aromatic heterocycles. The fraction of sp³-hybridized carbons (Fsp3) is 0.227. The second-order valence-electron chi connectivity index (χ2n) is 6.58. The number of ether oxygens (including phenoxy) is 1. The van der Waals surface area contributed by atoms with Crippen LogP contribution in [0.2, 0.25) is 0 Å². The summed E-state index contributed by atoms with van der Waals surface area (Å²) in [6.07, 6.45) is 5.41. The third kappa shape index (κ3) is 6.37. The van der Waals surface area contributed by atoms with Crippen molar-refractivity contribution < 1.29 is 14.3 Å². The van der Waals surface area contributed by atoms with Gasteiger partial charge in [0.2, 0.25) is 0 Å². The van der Waals surface area contributed by atoms with Gasteiger partial charge in [0.05, 0.1) is 6.33 Å². The quantitative estimate of drug-likeness (QED) is 0.508. The Morgan fingerprint density at radius 2 is 1.80 bits per heavy atom. The molecule has 0 aliphatic carbocycles. The predicted octanol–water partition coefficient (Wildman–Crippen LogP) is 2.77. The number of amides is 3. The average Bonchev–Trinajstić information content (AvgIpc) is 3.26. The normalized spacial score (nSPS) is 10.3. The third-order valence-electron chi connectivity index (χ3n) is 4.33. The van der Waals surface area contributed by atoms with Crippen LogP contribution >= 0.6 is 0 Å². The van der Waals surface area contributed by atoms with E-state index in [2.05, 4.69) is 20.9 Å². The molecule has 3 amide bonds. The van der Waals surface area contributed by atoms with Gasteiger partial charge in [-0.05, 0) is 42.3 Å². The highest BCUT2D eigenvalue weighted by atomic mass is 16.5. The maximum atomic E-state index is 12.3. The first-order valence-corrected chi connectivity index (χ1v) is 9.71. The minimum absolute atomic E-state index is 0.0421. The van der Waals surface area contributed by atoms with Crippen LogP contribution in [0, 0.1) is 0 Å². The topological polar surface area (TPSA) is 97.3 Å². The van der Waals surface area contributed by atoms with E-state index in [4.69, 9.17) is 4.74 Å². The summed E-state index contributed by atoms with van der Waals surface area (Å²) < 4.78 is 7.38. The lowest BCUT2D eigenvalue weighted by atomic mass is 10.1. The van der Waals surface area contributed by atoms with Gasteiger partial charge in [0.25, 0.3) is 5.91 Å². The van der Waals surface area contributed by atoms with Crippen molar-refractivity contribution in [1.29, 1.82) is 0 Å². The van der Waals surface area contributed by atoms with Crippen molar-refractivity contribution in [1.82, 2.24) is 20.2 Å². The number of imidazole rings is 1. The first-order valence-electron chi connectivity index (χ1n) is 9.71. The molecule has 2 aromatic carbocycles. The van der Waals surface area contributed by atoms with Gasteiger partial charge >= 0.3 is 6.03 Å². The zero-order valence-electron chi connectivity index (χ0n) is 16.8. The molecule has 8 nitrogen and oxygen atoms in total. The maximum absolute atomic E-state index is 12.3. The number of hydrogen-bond acceptors (Lipinski definition) is 4. The standard InChI is InChI=1S/C22H25N5O3/c1-2-24-21(28)15-30-20-9-7-19(8-10-20)26-22(29)25-13-17-5-3-4-6-18(17)14-27-12-11-23-16-27/h3-12,16H,2,13-15H2,1H3,(H,24,28)(H2,25,26,29). The van der Waals surface area contributed by atoms with Gasteiger partial charge in [-0.1, -0.05) is 24.3 Å². The molecule has 0 saturated heterocycles. The fourth-order valence-corrected chi connectivity index (χ4v) is 2.84. The number of anilines is 1. The van der Waals surface area contributed by atoms with Gasteiger partial charge in [-0.2, -0.15) is 0 Å². The number of hydrogen-bond donors (Lipinski definition) is 3. The first-order chi connectivity index (χ1) is 14.6. The lowest BCUT2D eigenvalue weighted by molar-refractivity contribution is -0.122. The highest BCUT2D eigenvalue weighted by molar-refractivity contribution is 5.89. The molecule has 0 unspecified atom stereocenters. The number of carbonyl (C=O) groups excluding carboxylic acids is 2. The van der Waals surface area contributed by atoms with Crippen molar-refractivity contribution in [3.8, 4) is 5.75 Å². The molecule has 1 heterocycles. The molecule has 3 rings (SSSR count). The van der Waals surface area contributed by atoms with Gasteiger partial charge in [-0.25, -0.2) is 9.78 Å². The lowest BCUT2D eigenvalue weighted by Gasteiger charge is -2.12. The monoisotopic (exact) mass is 407 g/mol. The van der Waals surface area contributed by atoms with E-state index >= 15 is 0 Å². The Balaban J connectivity index is 1.49. The zero-order chi connectivity index (χ0) is 21.2. The molecular formula is C22H25N5O3. The summed E-state index contributed by atoms with van der Waals surface area (Å²) in [5.74, 6) is 0.382. The Morgan fingerprint density at radius 3 is 2.50 bits per heavy atom. The number of carbonyl (C=O) groups is 2. The number of aromatic nitrogens is 2. The third-order valence-corrected chi connectivity index (χ3v) is 4.33. The van der Waals surface area contributed by atoms with Crippen LogP contribution in [0.5, 0.6) is 5.75 Å². The Bertz CT molecular complexity index is 955. The second-order valence-corrected chi connectivity index (χ2v) is 6.58. The zero-order valence-corrected chi connectivity index (χ0v) is 16.8. The minimum atomic E-state index is -0.302. The van der Waals surface area contributed by atoms with Gasteiger partial charge in [0, 0.05) is 37.7 Å². The van der Waals surface area contributed by atoms with Crippen LogP contribution in [-0.4, -0.2) is 34.6 Å². The Hall–Kier alpha value is -3.81. The predicted molar refractivity (Wildman–Crippen MR) is 114 cm³/mol. The molecule has 0 bridgehead atoms. The summed E-state index contributed by atoms with van der Waals surface area (Å²) in [7, 11) is 0. The van der Waals surface area contributed by atoms with Crippen LogP contribution < -0.4 is 20.7 Å². The Kier molecular flexibility index (Phi) is 7.43. The number of rotatable bonds is 9. The largest absolute Gasteiger partial charge is 0.484 e. The maximum Gasteiger partial charge on any atom is 0.319 e. The van der Waals surface area contributed by atoms with Gasteiger partial charge < -0.3 is 25.3 Å². The number of urea groups is 1. The minimum Gasteiger partial charge on any atom is -0.484 e. The van der Waals surface area contributed by atoms with E-state index in [1.54, 1.807) is 36.8 Å². The van der Waals surface area contributed by atoms with Crippen molar-refractivity contribution in [2.45, 2.75) is 20.0 Å². The highest BCUT2D eigenvalue weighted by Crippen LogP contribution is 2.16. The van der Waals surface area contributed by atoms with Crippen molar-refractivity contribution in [2.24, 2.45) is 0 Å². The van der Waals surface area contributed by atoms with Crippen LogP contribution in [0.25, 0.3) is 0 Å². The molecule has 3 aromatic rings. The van der Waals surface area contributed by atoms with Crippen LogP contribution in [0.3, 0.4) is 0 Å². The van der Waals surface area contributed by atoms with Crippen molar-refractivity contribution in [3.05, 3.63) is 78.4 Å². The van der Waals surface area contributed by atoms with E-state index in [-0.39, 0.29) is 18.5 Å². The van der Waals surface area contributed by atoms with E-state index in [0.29, 0.717) is 31.1 Å². The van der Waals surface area contributed by atoms with Crippen LogP contribution in [0.1, 0.15) is 18.1 Å². The molecule has 0 atom stereocenters. The summed E-state index contributed by atoms with van der Waals surface area (Å²) in [6.45, 7) is 3.47. The molecule has 0 aliphatic rings. The molecule has 3 N–H and O–H groups in total. The molecule has 0 spiro atoms. The van der Waals surface area contributed by atoms with Crippen LogP contribution in [-0.2, 0) is 17.9 Å². The van der Waals surface area contributed by atoms with Gasteiger partial charge in [0.1, 0.15) is 5.75 Å². The second kappa shape index (κ2) is 10.7. The number of likely N-dealkylation sites (N-methyl/N-ethyl adjacent to an activating group) is 1. The van der Waals surface area contributed by atoms with Gasteiger partial charge in [-0.15, -0.1) is 0 Å². The molecule has 0 saturated carbocycles. The number of nitrogens with one attached hydrogen (secondary N) is 3. The number of benzene rings is 2. The van der Waals surface area contributed by atoms with Crippen molar-refractivity contribution >= 4 is 17.6 Å². The molecule has 8 heteroatoms. The fourth-order valence-electron chi connectivity index (χ4n) is 2.84.